The average Bonchev–Trinajstić information content (AvgIpc) is 2.84. The van der Waals surface area contributed by atoms with E-state index in [1.807, 2.05) is 17.0 Å². The molecule has 0 aliphatic heterocycles. The van der Waals surface area contributed by atoms with E-state index in [-0.39, 0.29) is 0 Å². The van der Waals surface area contributed by atoms with Crippen molar-refractivity contribution in [3.8, 4) is 0 Å². The monoisotopic (exact) mass is 295 g/mol. The van der Waals surface area contributed by atoms with Gasteiger partial charge in [-0.15, -0.1) is 11.3 Å². The van der Waals surface area contributed by atoms with E-state index in [4.69, 9.17) is 11.6 Å². The highest BCUT2D eigenvalue weighted by molar-refractivity contribution is 7.15. The van der Waals surface area contributed by atoms with E-state index in [9.17, 15) is 4.79 Å². The average molecular weight is 296 g/mol. The lowest BCUT2D eigenvalue weighted by Crippen LogP contribution is -2.26. The summed E-state index contributed by atoms with van der Waals surface area (Å²) < 4.78 is 0.512. The minimum Gasteiger partial charge on any atom is -0.344 e. The smallest absolute Gasteiger partial charge is 0.183 e. The summed E-state index contributed by atoms with van der Waals surface area (Å²) in [4.78, 5) is 22.2. The lowest BCUT2D eigenvalue weighted by molar-refractivity contribution is -0.106. The molecular weight excluding hydrogens is 282 g/mol. The molecule has 2 aromatic rings. The van der Waals surface area contributed by atoms with Gasteiger partial charge in [-0.1, -0.05) is 24.6 Å². The molecule has 100 valence electrons. The molecule has 2 heterocycles. The number of thiazole rings is 1. The van der Waals surface area contributed by atoms with E-state index in [1.165, 1.54) is 11.3 Å². The van der Waals surface area contributed by atoms with Crippen LogP contribution in [-0.2, 0) is 17.8 Å². The van der Waals surface area contributed by atoms with E-state index in [0.717, 1.165) is 29.0 Å². The van der Waals surface area contributed by atoms with Crippen LogP contribution < -0.4 is 4.90 Å². The van der Waals surface area contributed by atoms with Crippen molar-refractivity contribution in [1.82, 2.24) is 9.97 Å². The third kappa shape index (κ3) is 3.52. The number of rotatable bonds is 6. The maximum atomic E-state index is 10.9. The Morgan fingerprint density at radius 2 is 2.32 bits per heavy atom. The van der Waals surface area contributed by atoms with Crippen LogP contribution in [0.15, 0.2) is 24.5 Å². The van der Waals surface area contributed by atoms with Crippen LogP contribution in [0.4, 0.5) is 5.82 Å². The molecule has 0 atom stereocenters. The van der Waals surface area contributed by atoms with Gasteiger partial charge in [-0.05, 0) is 18.1 Å². The Bertz CT molecular complexity index is 558. The van der Waals surface area contributed by atoms with Crippen LogP contribution in [0.25, 0.3) is 0 Å². The number of nitrogens with zero attached hydrogens (tertiary/aromatic N) is 3. The summed E-state index contributed by atoms with van der Waals surface area (Å²) >= 11 is 7.25. The Hall–Kier alpha value is -1.46. The molecule has 0 unspecified atom stereocenters. The van der Waals surface area contributed by atoms with Gasteiger partial charge in [-0.3, -0.25) is 0 Å². The topological polar surface area (TPSA) is 46.1 Å². The summed E-state index contributed by atoms with van der Waals surface area (Å²) in [7, 11) is 0. The Labute approximate surface area is 121 Å². The summed E-state index contributed by atoms with van der Waals surface area (Å²) in [5.41, 5.74) is 1.12. The van der Waals surface area contributed by atoms with E-state index in [0.29, 0.717) is 17.6 Å². The molecule has 0 aliphatic carbocycles. The van der Waals surface area contributed by atoms with Crippen molar-refractivity contribution < 1.29 is 4.79 Å². The molecule has 0 saturated heterocycles. The first-order valence-corrected chi connectivity index (χ1v) is 7.16. The van der Waals surface area contributed by atoms with Crippen molar-refractivity contribution in [1.29, 1.82) is 0 Å². The van der Waals surface area contributed by atoms with Crippen molar-refractivity contribution in [2.45, 2.75) is 19.9 Å². The quantitative estimate of drug-likeness (QED) is 0.769. The fourth-order valence-corrected chi connectivity index (χ4v) is 2.85. The summed E-state index contributed by atoms with van der Waals surface area (Å²) in [6.45, 7) is 2.97. The molecule has 0 N–H and O–H groups in total. The largest absolute Gasteiger partial charge is 0.344 e. The van der Waals surface area contributed by atoms with Crippen molar-refractivity contribution in [2.75, 3.05) is 11.4 Å². The van der Waals surface area contributed by atoms with Crippen LogP contribution >= 0.6 is 22.9 Å². The summed E-state index contributed by atoms with van der Waals surface area (Å²) in [5, 5.41) is 0. The molecule has 19 heavy (non-hydrogen) atoms. The first-order chi connectivity index (χ1) is 9.24. The predicted octanol–water partition coefficient (Wildman–Crippen LogP) is 2.96. The third-order valence-corrected chi connectivity index (χ3v) is 3.81. The molecular formula is C13H14ClN3OS. The molecule has 0 bridgehead atoms. The second-order valence-corrected chi connectivity index (χ2v) is 5.66. The maximum Gasteiger partial charge on any atom is 0.183 e. The first kappa shape index (κ1) is 14.0. The summed E-state index contributed by atoms with van der Waals surface area (Å²) in [5.74, 6) is 0.849. The molecule has 2 rings (SSSR count). The Morgan fingerprint density at radius 3 is 2.95 bits per heavy atom. The number of aryl methyl sites for hydroxylation is 1. The standard InChI is InChI=1S/C13H14ClN3OS/c1-2-10-4-3-5-15-12(10)17(6-7-18)9-11-8-16-13(14)19-11/h3-5,7-8H,2,6,9H2,1H3. The molecule has 0 aromatic carbocycles. The second kappa shape index (κ2) is 6.63. The summed E-state index contributed by atoms with van der Waals surface area (Å²) in [6.07, 6.45) is 5.24. The van der Waals surface area contributed by atoms with Gasteiger partial charge in [0, 0.05) is 17.3 Å². The SMILES string of the molecule is CCc1cccnc1N(CC=O)Cc1cnc(Cl)s1. The van der Waals surface area contributed by atoms with Gasteiger partial charge in [-0.25, -0.2) is 9.97 Å². The predicted molar refractivity (Wildman–Crippen MR) is 77.9 cm³/mol. The number of pyridine rings is 1. The number of hydrogen-bond acceptors (Lipinski definition) is 5. The zero-order chi connectivity index (χ0) is 13.7. The molecule has 2 aromatic heterocycles. The zero-order valence-corrected chi connectivity index (χ0v) is 12.1. The Morgan fingerprint density at radius 1 is 1.47 bits per heavy atom. The molecule has 0 fully saturated rings. The minimum absolute atomic E-state index is 0.305. The van der Waals surface area contributed by atoms with E-state index >= 15 is 0 Å². The maximum absolute atomic E-state index is 10.9. The number of carbonyl (C=O) groups excluding carboxylic acids is 1. The zero-order valence-electron chi connectivity index (χ0n) is 10.5. The highest BCUT2D eigenvalue weighted by Crippen LogP contribution is 2.23. The van der Waals surface area contributed by atoms with Crippen molar-refractivity contribution in [2.24, 2.45) is 0 Å². The molecule has 6 heteroatoms. The molecule has 0 saturated carbocycles. The van der Waals surface area contributed by atoms with Crippen LogP contribution in [0.3, 0.4) is 0 Å². The van der Waals surface area contributed by atoms with Crippen molar-refractivity contribution in [3.05, 3.63) is 39.4 Å². The minimum atomic E-state index is 0.305. The number of halogens is 1. The highest BCUT2D eigenvalue weighted by atomic mass is 35.5. The van der Waals surface area contributed by atoms with Gasteiger partial charge < -0.3 is 9.69 Å². The molecule has 0 aliphatic rings. The van der Waals surface area contributed by atoms with Gasteiger partial charge >= 0.3 is 0 Å². The second-order valence-electron chi connectivity index (χ2n) is 3.97. The Balaban J connectivity index is 2.26. The van der Waals surface area contributed by atoms with Gasteiger partial charge in [-0.2, -0.15) is 0 Å². The van der Waals surface area contributed by atoms with Crippen molar-refractivity contribution >= 4 is 35.0 Å². The van der Waals surface area contributed by atoms with E-state index in [1.54, 1.807) is 12.4 Å². The number of anilines is 1. The highest BCUT2D eigenvalue weighted by Gasteiger charge is 2.13. The van der Waals surface area contributed by atoms with Crippen LogP contribution in [0.1, 0.15) is 17.4 Å². The van der Waals surface area contributed by atoms with E-state index < -0.39 is 0 Å². The Kier molecular flexibility index (Phi) is 4.87. The third-order valence-electron chi connectivity index (χ3n) is 2.71. The van der Waals surface area contributed by atoms with Gasteiger partial charge in [0.1, 0.15) is 12.1 Å². The van der Waals surface area contributed by atoms with Crippen LogP contribution in [0.5, 0.6) is 0 Å². The van der Waals surface area contributed by atoms with Gasteiger partial charge in [0.2, 0.25) is 0 Å². The van der Waals surface area contributed by atoms with Gasteiger partial charge in [0.25, 0.3) is 0 Å². The fraction of sp³-hybridized carbons (Fsp3) is 0.308. The van der Waals surface area contributed by atoms with Crippen molar-refractivity contribution in [3.63, 3.8) is 0 Å². The number of aldehydes is 1. The lowest BCUT2D eigenvalue weighted by atomic mass is 10.2. The van der Waals surface area contributed by atoms with Crippen LogP contribution in [0, 0.1) is 0 Å². The lowest BCUT2D eigenvalue weighted by Gasteiger charge is -2.22. The number of carbonyl (C=O) groups is 1. The molecule has 0 radical (unpaired) electrons. The van der Waals surface area contributed by atoms with Crippen LogP contribution in [-0.4, -0.2) is 22.8 Å². The molecule has 4 nitrogen and oxygen atoms in total. The molecule has 0 amide bonds. The fourth-order valence-electron chi connectivity index (χ4n) is 1.85. The van der Waals surface area contributed by atoms with Gasteiger partial charge in [0.05, 0.1) is 13.1 Å². The first-order valence-electron chi connectivity index (χ1n) is 5.97. The number of aromatic nitrogens is 2. The number of hydrogen-bond donors (Lipinski definition) is 0. The van der Waals surface area contributed by atoms with Gasteiger partial charge in [0.15, 0.2) is 4.47 Å². The normalized spacial score (nSPS) is 10.4. The van der Waals surface area contributed by atoms with E-state index in [2.05, 4.69) is 16.9 Å². The summed E-state index contributed by atoms with van der Waals surface area (Å²) in [6, 6.07) is 3.94. The molecule has 0 spiro atoms. The van der Waals surface area contributed by atoms with Crippen LogP contribution in [0.2, 0.25) is 4.47 Å².